The molecule has 0 spiro atoms. The topological polar surface area (TPSA) is 100.0 Å². The molecule has 4 aromatic rings. The van der Waals surface area contributed by atoms with Gasteiger partial charge in [0.15, 0.2) is 0 Å². The minimum absolute atomic E-state index is 0.224. The molecule has 0 saturated carbocycles. The zero-order valence-corrected chi connectivity index (χ0v) is 16.2. The predicted octanol–water partition coefficient (Wildman–Crippen LogP) is 1.77. The van der Waals surface area contributed by atoms with Crippen molar-refractivity contribution in [1.82, 2.24) is 14.3 Å². The molecule has 1 unspecified atom stereocenters. The van der Waals surface area contributed by atoms with Crippen molar-refractivity contribution in [3.63, 3.8) is 0 Å². The van der Waals surface area contributed by atoms with Crippen LogP contribution < -0.4 is 11.3 Å². The second-order valence-electron chi connectivity index (χ2n) is 6.63. The molecular weight excluding hydrogens is 376 g/mol. The Morgan fingerprint density at radius 3 is 2.68 bits per heavy atom. The number of aryl methyl sites for hydroxylation is 1. The Balaban J connectivity index is 1.87. The number of nitrogens with two attached hydrogens (primary N) is 1. The van der Waals surface area contributed by atoms with Crippen LogP contribution in [0.15, 0.2) is 58.4 Å². The van der Waals surface area contributed by atoms with Crippen LogP contribution in [-0.4, -0.2) is 30.7 Å². The van der Waals surface area contributed by atoms with Crippen LogP contribution in [0.2, 0.25) is 0 Å². The van der Waals surface area contributed by atoms with Crippen LogP contribution in [0, 0.1) is 0 Å². The molecule has 2 N–H and O–H groups in total. The Labute approximate surface area is 162 Å². The van der Waals surface area contributed by atoms with E-state index in [1.165, 1.54) is 4.68 Å². The number of amides is 1. The second-order valence-corrected chi connectivity index (χ2v) is 8.01. The van der Waals surface area contributed by atoms with Gasteiger partial charge in [0, 0.05) is 45.3 Å². The van der Waals surface area contributed by atoms with Gasteiger partial charge in [-0.1, -0.05) is 18.2 Å². The highest BCUT2D eigenvalue weighted by Crippen LogP contribution is 2.27. The number of primary amides is 1. The van der Waals surface area contributed by atoms with Crippen LogP contribution in [0.1, 0.15) is 15.9 Å². The van der Waals surface area contributed by atoms with Crippen LogP contribution in [0.25, 0.3) is 21.8 Å². The van der Waals surface area contributed by atoms with Crippen molar-refractivity contribution >= 4 is 38.5 Å². The Kier molecular flexibility index (Phi) is 4.35. The molecule has 0 saturated heterocycles. The lowest BCUT2D eigenvalue weighted by Gasteiger charge is -2.07. The van der Waals surface area contributed by atoms with Gasteiger partial charge in [0.1, 0.15) is 5.52 Å². The summed E-state index contributed by atoms with van der Waals surface area (Å²) in [6.07, 6.45) is 3.29. The first-order chi connectivity index (χ1) is 13.4. The van der Waals surface area contributed by atoms with Gasteiger partial charge in [0.05, 0.1) is 18.3 Å². The van der Waals surface area contributed by atoms with Gasteiger partial charge in [-0.05, 0) is 29.8 Å². The van der Waals surface area contributed by atoms with E-state index in [0.717, 1.165) is 21.9 Å². The normalized spacial score (nSPS) is 12.5. The molecule has 0 fully saturated rings. The van der Waals surface area contributed by atoms with Gasteiger partial charge >= 0.3 is 0 Å². The average Bonchev–Trinajstić information content (AvgIpc) is 2.96. The minimum Gasteiger partial charge on any atom is -0.366 e. The molecule has 0 bridgehead atoms. The van der Waals surface area contributed by atoms with Crippen LogP contribution >= 0.6 is 0 Å². The van der Waals surface area contributed by atoms with Gasteiger partial charge < -0.3 is 10.3 Å². The van der Waals surface area contributed by atoms with E-state index in [-0.39, 0.29) is 12.1 Å². The number of rotatable bonds is 4. The maximum atomic E-state index is 13.1. The molecule has 0 aliphatic rings. The Hall–Kier alpha value is -3.26. The number of nitrogens with zero attached hydrogens (tertiary/aromatic N) is 3. The van der Waals surface area contributed by atoms with Crippen LogP contribution in [0.5, 0.6) is 0 Å². The molecule has 8 heteroatoms. The predicted molar refractivity (Wildman–Crippen MR) is 109 cm³/mol. The van der Waals surface area contributed by atoms with E-state index >= 15 is 0 Å². The summed E-state index contributed by atoms with van der Waals surface area (Å²) in [6, 6.07) is 12.3. The van der Waals surface area contributed by atoms with Crippen molar-refractivity contribution in [1.29, 1.82) is 0 Å². The Bertz CT molecular complexity index is 1340. The Morgan fingerprint density at radius 2 is 1.96 bits per heavy atom. The molecule has 0 radical (unpaired) electrons. The first-order valence-electron chi connectivity index (χ1n) is 8.57. The molecule has 0 aliphatic heterocycles. The molecule has 2 aromatic carbocycles. The number of benzene rings is 2. The maximum absolute atomic E-state index is 13.1. The third-order valence-corrected chi connectivity index (χ3v) is 5.77. The van der Waals surface area contributed by atoms with Crippen LogP contribution in [0.3, 0.4) is 0 Å². The molecule has 0 aliphatic carbocycles. The third-order valence-electron chi connectivity index (χ3n) is 4.85. The molecular formula is C20H18N4O3S. The number of fused-ring (bicyclic) bond motifs is 3. The summed E-state index contributed by atoms with van der Waals surface area (Å²) >= 11 is 0. The molecule has 1 amide bonds. The molecule has 2 heterocycles. The Morgan fingerprint density at radius 1 is 1.18 bits per heavy atom. The van der Waals surface area contributed by atoms with Gasteiger partial charge in [-0.25, -0.2) is 4.68 Å². The van der Waals surface area contributed by atoms with E-state index in [0.29, 0.717) is 16.0 Å². The minimum atomic E-state index is -1.11. The number of carbonyl (C=O) groups is 1. The lowest BCUT2D eigenvalue weighted by atomic mass is 10.1. The monoisotopic (exact) mass is 394 g/mol. The smallest absolute Gasteiger partial charge is 0.291 e. The van der Waals surface area contributed by atoms with E-state index in [9.17, 15) is 13.8 Å². The van der Waals surface area contributed by atoms with Crippen molar-refractivity contribution in [3.8, 4) is 0 Å². The van der Waals surface area contributed by atoms with E-state index in [1.807, 2.05) is 25.2 Å². The van der Waals surface area contributed by atoms with Gasteiger partial charge in [-0.2, -0.15) is 5.10 Å². The number of carbonyl (C=O) groups excluding carboxylic acids is 1. The molecule has 7 nitrogen and oxygen atoms in total. The van der Waals surface area contributed by atoms with Gasteiger partial charge in [0.25, 0.3) is 5.56 Å². The molecule has 1 atom stereocenters. The van der Waals surface area contributed by atoms with Crippen molar-refractivity contribution in [2.45, 2.75) is 11.4 Å². The van der Waals surface area contributed by atoms with Crippen LogP contribution in [0.4, 0.5) is 0 Å². The fourth-order valence-corrected chi connectivity index (χ4v) is 3.96. The van der Waals surface area contributed by atoms with E-state index < -0.39 is 16.7 Å². The molecule has 4 rings (SSSR count). The fourth-order valence-electron chi connectivity index (χ4n) is 3.42. The van der Waals surface area contributed by atoms with E-state index in [1.54, 1.807) is 41.3 Å². The standard InChI is InChI=1S/C20H18N4O3S/c1-23-17-9-14(28(2)27)6-7-15(17)16-10-22-24(20(26)18(16)23)11-12-4-3-5-13(8-12)19(21)25/h3-10H,11H2,1-2H3,(H2,21,25). The summed E-state index contributed by atoms with van der Waals surface area (Å²) in [6.45, 7) is 0.224. The number of aromatic nitrogens is 3. The average molecular weight is 394 g/mol. The fraction of sp³-hybridized carbons (Fsp3) is 0.150. The highest BCUT2D eigenvalue weighted by Gasteiger charge is 2.15. The number of hydrogen-bond acceptors (Lipinski definition) is 4. The summed E-state index contributed by atoms with van der Waals surface area (Å²) in [4.78, 5) is 25.2. The zero-order chi connectivity index (χ0) is 20.0. The third kappa shape index (κ3) is 2.91. The lowest BCUT2D eigenvalue weighted by Crippen LogP contribution is -2.24. The van der Waals surface area contributed by atoms with Gasteiger partial charge in [-0.15, -0.1) is 0 Å². The van der Waals surface area contributed by atoms with Crippen LogP contribution in [-0.2, 0) is 24.4 Å². The summed E-state index contributed by atoms with van der Waals surface area (Å²) < 4.78 is 15.0. The SMILES string of the molecule is Cn1c2cc(S(C)=O)ccc2c2cnn(Cc3cccc(C(N)=O)c3)c(=O)c21. The molecule has 28 heavy (non-hydrogen) atoms. The van der Waals surface area contributed by atoms with Crippen molar-refractivity contribution < 1.29 is 9.00 Å². The quantitative estimate of drug-likeness (QED) is 0.570. The summed E-state index contributed by atoms with van der Waals surface area (Å²) in [7, 11) is 0.705. The van der Waals surface area contributed by atoms with E-state index in [4.69, 9.17) is 5.73 Å². The zero-order valence-electron chi connectivity index (χ0n) is 15.4. The van der Waals surface area contributed by atoms with Crippen molar-refractivity contribution in [2.75, 3.05) is 6.26 Å². The summed E-state index contributed by atoms with van der Waals surface area (Å²) in [5.74, 6) is -0.518. The first kappa shape index (κ1) is 18.1. The van der Waals surface area contributed by atoms with Crippen molar-refractivity contribution in [3.05, 3.63) is 70.1 Å². The highest BCUT2D eigenvalue weighted by molar-refractivity contribution is 7.84. The van der Waals surface area contributed by atoms with Crippen molar-refractivity contribution in [2.24, 2.45) is 12.8 Å². The second kappa shape index (κ2) is 6.72. The molecule has 2 aromatic heterocycles. The lowest BCUT2D eigenvalue weighted by molar-refractivity contribution is 0.1000. The molecule has 142 valence electrons. The largest absolute Gasteiger partial charge is 0.366 e. The summed E-state index contributed by atoms with van der Waals surface area (Å²) in [5, 5.41) is 5.95. The highest BCUT2D eigenvalue weighted by atomic mass is 32.2. The van der Waals surface area contributed by atoms with Gasteiger partial charge in [0.2, 0.25) is 5.91 Å². The van der Waals surface area contributed by atoms with Gasteiger partial charge in [-0.3, -0.25) is 13.8 Å². The number of hydrogen-bond donors (Lipinski definition) is 1. The van der Waals surface area contributed by atoms with E-state index in [2.05, 4.69) is 5.10 Å². The summed E-state index contributed by atoms with van der Waals surface area (Å²) in [5.41, 5.74) is 7.59. The maximum Gasteiger partial charge on any atom is 0.291 e. The first-order valence-corrected chi connectivity index (χ1v) is 10.1.